The second-order valence-corrected chi connectivity index (χ2v) is 5.00. The maximum Gasteiger partial charge on any atom is 0.327 e. The first-order valence-electron chi connectivity index (χ1n) is 5.33. The molecule has 0 saturated heterocycles. The number of hydrogen-bond acceptors (Lipinski definition) is 5. The van der Waals surface area contributed by atoms with Crippen molar-refractivity contribution in [3.63, 3.8) is 0 Å². The van der Waals surface area contributed by atoms with Crippen LogP contribution in [0.1, 0.15) is 13.3 Å². The molecule has 0 saturated carbocycles. The van der Waals surface area contributed by atoms with Gasteiger partial charge in [0.25, 0.3) is 10.2 Å². The Balaban J connectivity index is 2.61. The highest BCUT2D eigenvalue weighted by Crippen LogP contribution is 2.06. The van der Waals surface area contributed by atoms with Gasteiger partial charge >= 0.3 is 5.97 Å². The Bertz CT molecular complexity index is 496. The highest BCUT2D eigenvalue weighted by atomic mass is 32.2. The van der Waals surface area contributed by atoms with E-state index in [4.69, 9.17) is 0 Å². The lowest BCUT2D eigenvalue weighted by Gasteiger charge is -2.05. The van der Waals surface area contributed by atoms with Gasteiger partial charge in [-0.2, -0.15) is 18.2 Å². The van der Waals surface area contributed by atoms with Gasteiger partial charge in [-0.25, -0.2) is 0 Å². The summed E-state index contributed by atoms with van der Waals surface area (Å²) >= 11 is 0. The number of hydrogen-bond donors (Lipinski definition) is 2. The lowest BCUT2D eigenvalue weighted by molar-refractivity contribution is -0.141. The van der Waals surface area contributed by atoms with Crippen LogP contribution in [0.4, 0.5) is 5.69 Å². The highest BCUT2D eigenvalue weighted by Gasteiger charge is 2.11. The molecule has 2 N–H and O–H groups in total. The van der Waals surface area contributed by atoms with Crippen LogP contribution in [0.5, 0.6) is 0 Å². The number of anilines is 1. The van der Waals surface area contributed by atoms with E-state index in [2.05, 4.69) is 19.3 Å². The smallest absolute Gasteiger partial charge is 0.327 e. The van der Waals surface area contributed by atoms with E-state index in [0.717, 1.165) is 0 Å². The Labute approximate surface area is 105 Å². The SMILES string of the molecule is CCCNS(=O)(=O)Nc1cnn(CC(=O)OC)c1. The van der Waals surface area contributed by atoms with Crippen LogP contribution in [0, 0.1) is 0 Å². The van der Waals surface area contributed by atoms with E-state index < -0.39 is 16.2 Å². The third kappa shape index (κ3) is 4.72. The normalized spacial score (nSPS) is 11.2. The van der Waals surface area contributed by atoms with Gasteiger partial charge < -0.3 is 4.74 Å². The third-order valence-corrected chi connectivity index (χ3v) is 3.03. The van der Waals surface area contributed by atoms with Crippen molar-refractivity contribution in [2.45, 2.75) is 19.9 Å². The molecular formula is C9H16N4O4S. The van der Waals surface area contributed by atoms with E-state index in [-0.39, 0.29) is 12.2 Å². The van der Waals surface area contributed by atoms with Gasteiger partial charge in [0, 0.05) is 12.7 Å². The number of carbonyl (C=O) groups excluding carboxylic acids is 1. The molecule has 8 nitrogen and oxygen atoms in total. The third-order valence-electron chi connectivity index (χ3n) is 1.95. The molecule has 1 heterocycles. The summed E-state index contributed by atoms with van der Waals surface area (Å²) in [5.74, 6) is -0.461. The van der Waals surface area contributed by atoms with Crippen molar-refractivity contribution in [2.75, 3.05) is 18.4 Å². The maximum absolute atomic E-state index is 11.5. The number of rotatable bonds is 7. The van der Waals surface area contributed by atoms with E-state index in [1.54, 1.807) is 0 Å². The van der Waals surface area contributed by atoms with Crippen molar-refractivity contribution in [1.29, 1.82) is 0 Å². The molecule has 0 bridgehead atoms. The van der Waals surface area contributed by atoms with Gasteiger partial charge in [-0.15, -0.1) is 0 Å². The second kappa shape index (κ2) is 6.36. The van der Waals surface area contributed by atoms with Crippen LogP contribution in [0.15, 0.2) is 12.4 Å². The van der Waals surface area contributed by atoms with Crippen molar-refractivity contribution < 1.29 is 17.9 Å². The average molecular weight is 276 g/mol. The fourth-order valence-corrected chi connectivity index (χ4v) is 2.09. The van der Waals surface area contributed by atoms with Crippen molar-refractivity contribution >= 4 is 21.9 Å². The lowest BCUT2D eigenvalue weighted by atomic mass is 10.5. The van der Waals surface area contributed by atoms with Gasteiger partial charge in [-0.3, -0.25) is 14.2 Å². The number of carbonyl (C=O) groups is 1. The van der Waals surface area contributed by atoms with Crippen LogP contribution in [0.2, 0.25) is 0 Å². The summed E-state index contributed by atoms with van der Waals surface area (Å²) in [4.78, 5) is 11.0. The van der Waals surface area contributed by atoms with Crippen molar-refractivity contribution in [3.8, 4) is 0 Å². The van der Waals surface area contributed by atoms with Crippen LogP contribution in [-0.4, -0.2) is 37.8 Å². The van der Waals surface area contributed by atoms with E-state index in [9.17, 15) is 13.2 Å². The van der Waals surface area contributed by atoms with Gasteiger partial charge in [0.1, 0.15) is 6.54 Å². The van der Waals surface area contributed by atoms with E-state index >= 15 is 0 Å². The zero-order chi connectivity index (χ0) is 13.6. The molecule has 0 amide bonds. The zero-order valence-electron chi connectivity index (χ0n) is 10.2. The first-order valence-corrected chi connectivity index (χ1v) is 6.82. The van der Waals surface area contributed by atoms with Gasteiger partial charge in [-0.1, -0.05) is 6.92 Å². The Morgan fingerprint density at radius 3 is 2.89 bits per heavy atom. The van der Waals surface area contributed by atoms with Crippen molar-refractivity contribution in [3.05, 3.63) is 12.4 Å². The first kappa shape index (κ1) is 14.5. The van der Waals surface area contributed by atoms with Gasteiger partial charge in [0.15, 0.2) is 0 Å². The molecule has 0 unspecified atom stereocenters. The van der Waals surface area contributed by atoms with E-state index in [1.165, 1.54) is 24.2 Å². The molecule has 0 spiro atoms. The van der Waals surface area contributed by atoms with Gasteiger partial charge in [0.05, 0.1) is 19.0 Å². The van der Waals surface area contributed by atoms with E-state index in [0.29, 0.717) is 13.0 Å². The first-order chi connectivity index (χ1) is 8.46. The fraction of sp³-hybridized carbons (Fsp3) is 0.556. The van der Waals surface area contributed by atoms with Gasteiger partial charge in [-0.05, 0) is 6.42 Å². The average Bonchev–Trinajstić information content (AvgIpc) is 2.73. The van der Waals surface area contributed by atoms with Crippen LogP contribution in [0.25, 0.3) is 0 Å². The predicted octanol–water partition coefficient (Wildman–Crippen LogP) is -0.288. The summed E-state index contributed by atoms with van der Waals surface area (Å²) < 4.78 is 33.4. The van der Waals surface area contributed by atoms with Crippen molar-refractivity contribution in [1.82, 2.24) is 14.5 Å². The minimum Gasteiger partial charge on any atom is -0.468 e. The standard InChI is InChI=1S/C9H16N4O4S/c1-3-4-11-18(15,16)12-8-5-10-13(6-8)7-9(14)17-2/h5-6,11-12H,3-4,7H2,1-2H3. The predicted molar refractivity (Wildman–Crippen MR) is 65.1 cm³/mol. The molecule has 0 aliphatic carbocycles. The number of nitrogens with zero attached hydrogens (tertiary/aromatic N) is 2. The molecule has 1 rings (SSSR count). The second-order valence-electron chi connectivity index (χ2n) is 3.50. The highest BCUT2D eigenvalue weighted by molar-refractivity contribution is 7.90. The topological polar surface area (TPSA) is 102 Å². The molecule has 0 aliphatic heterocycles. The Kier molecular flexibility index (Phi) is 5.10. The van der Waals surface area contributed by atoms with Gasteiger partial charge in [0.2, 0.25) is 0 Å². The minimum absolute atomic E-state index is 0.0688. The number of esters is 1. The molecule has 1 aromatic rings. The molecule has 0 radical (unpaired) electrons. The van der Waals surface area contributed by atoms with Crippen molar-refractivity contribution in [2.24, 2.45) is 0 Å². The lowest BCUT2D eigenvalue weighted by Crippen LogP contribution is -2.30. The summed E-state index contributed by atoms with van der Waals surface area (Å²) in [6.45, 7) is 2.14. The number of ether oxygens (including phenoxy) is 1. The maximum atomic E-state index is 11.5. The molecule has 0 aromatic carbocycles. The number of aromatic nitrogens is 2. The minimum atomic E-state index is -3.59. The molecule has 18 heavy (non-hydrogen) atoms. The number of nitrogens with one attached hydrogen (secondary N) is 2. The van der Waals surface area contributed by atoms with Crippen LogP contribution >= 0.6 is 0 Å². The number of methoxy groups -OCH3 is 1. The monoisotopic (exact) mass is 276 g/mol. The quantitative estimate of drug-likeness (QED) is 0.666. The largest absolute Gasteiger partial charge is 0.468 e. The van der Waals surface area contributed by atoms with E-state index in [1.807, 2.05) is 6.92 Å². The summed E-state index contributed by atoms with van der Waals surface area (Å²) in [5.41, 5.74) is 0.280. The summed E-state index contributed by atoms with van der Waals surface area (Å²) in [6.07, 6.45) is 3.42. The zero-order valence-corrected chi connectivity index (χ0v) is 11.0. The molecule has 0 aliphatic rings. The molecular weight excluding hydrogens is 260 g/mol. The molecule has 0 fully saturated rings. The Morgan fingerprint density at radius 1 is 1.56 bits per heavy atom. The molecule has 102 valence electrons. The molecule has 1 aromatic heterocycles. The molecule has 9 heteroatoms. The summed E-state index contributed by atoms with van der Waals surface area (Å²) in [6, 6.07) is 0. The fourth-order valence-electron chi connectivity index (χ4n) is 1.13. The van der Waals surface area contributed by atoms with Crippen LogP contribution in [-0.2, 0) is 26.3 Å². The van der Waals surface area contributed by atoms with Crippen LogP contribution < -0.4 is 9.44 Å². The Morgan fingerprint density at radius 2 is 2.28 bits per heavy atom. The Hall–Kier alpha value is -1.61. The molecule has 0 atom stereocenters. The summed E-state index contributed by atoms with van der Waals surface area (Å²) in [5, 5.41) is 3.83. The summed E-state index contributed by atoms with van der Waals surface area (Å²) in [7, 11) is -2.32. The van der Waals surface area contributed by atoms with Crippen LogP contribution in [0.3, 0.4) is 0 Å².